The van der Waals surface area contributed by atoms with Gasteiger partial charge >= 0.3 is 5.97 Å². The average Bonchev–Trinajstić information content (AvgIpc) is 3.07. The summed E-state index contributed by atoms with van der Waals surface area (Å²) in [6.45, 7) is 4.44. The first-order valence-electron chi connectivity index (χ1n) is 8.21. The highest BCUT2D eigenvalue weighted by molar-refractivity contribution is 5.80. The molecule has 0 fully saturated rings. The molecule has 0 bridgehead atoms. The molecule has 2 aromatic rings. The summed E-state index contributed by atoms with van der Waals surface area (Å²) in [5.41, 5.74) is 0.596. The second-order valence-corrected chi connectivity index (χ2v) is 5.92. The van der Waals surface area contributed by atoms with E-state index in [1.807, 2.05) is 6.07 Å². The van der Waals surface area contributed by atoms with Crippen LogP contribution in [0.25, 0.3) is 11.5 Å². The van der Waals surface area contributed by atoms with Crippen molar-refractivity contribution < 1.29 is 18.8 Å². The fraction of sp³-hybridized carbons (Fsp3) is 0.471. The van der Waals surface area contributed by atoms with Gasteiger partial charge in [0.15, 0.2) is 6.61 Å². The molecule has 1 amide bonds. The SMILES string of the molecule is CC(C)CCNC(=O)COC(=O)CCc1nc(-c2ccccn2)no1. The van der Waals surface area contributed by atoms with E-state index in [-0.39, 0.29) is 25.4 Å². The van der Waals surface area contributed by atoms with Crippen LogP contribution in [0.5, 0.6) is 0 Å². The van der Waals surface area contributed by atoms with Crippen LogP contribution in [0.3, 0.4) is 0 Å². The lowest BCUT2D eigenvalue weighted by atomic mass is 10.1. The van der Waals surface area contributed by atoms with Crippen LogP contribution in [-0.2, 0) is 20.7 Å². The molecule has 0 aliphatic carbocycles. The third-order valence-corrected chi connectivity index (χ3v) is 3.31. The fourth-order valence-corrected chi connectivity index (χ4v) is 1.93. The molecule has 0 unspecified atom stereocenters. The number of nitrogens with one attached hydrogen (secondary N) is 1. The maximum atomic E-state index is 11.7. The minimum atomic E-state index is -0.489. The molecule has 0 aliphatic rings. The Morgan fingerprint density at radius 3 is 2.88 bits per heavy atom. The highest BCUT2D eigenvalue weighted by atomic mass is 16.5. The predicted octanol–water partition coefficient (Wildman–Crippen LogP) is 1.77. The van der Waals surface area contributed by atoms with Crippen LogP contribution < -0.4 is 5.32 Å². The highest BCUT2D eigenvalue weighted by Gasteiger charge is 2.13. The van der Waals surface area contributed by atoms with Crippen molar-refractivity contribution >= 4 is 11.9 Å². The third kappa shape index (κ3) is 6.70. The summed E-state index contributed by atoms with van der Waals surface area (Å²) in [6, 6.07) is 5.38. The van der Waals surface area contributed by atoms with E-state index in [0.29, 0.717) is 29.9 Å². The minimum absolute atomic E-state index is 0.0587. The van der Waals surface area contributed by atoms with Crippen molar-refractivity contribution in [3.05, 3.63) is 30.3 Å². The first kappa shape index (κ1) is 18.6. The van der Waals surface area contributed by atoms with Gasteiger partial charge in [0, 0.05) is 19.2 Å². The van der Waals surface area contributed by atoms with Gasteiger partial charge in [-0.25, -0.2) is 0 Å². The number of carbonyl (C=O) groups is 2. The van der Waals surface area contributed by atoms with Crippen molar-refractivity contribution in [3.8, 4) is 11.5 Å². The lowest BCUT2D eigenvalue weighted by molar-refractivity contribution is -0.148. The molecule has 1 N–H and O–H groups in total. The third-order valence-electron chi connectivity index (χ3n) is 3.31. The van der Waals surface area contributed by atoms with Crippen molar-refractivity contribution in [2.45, 2.75) is 33.1 Å². The Morgan fingerprint density at radius 1 is 1.32 bits per heavy atom. The number of ether oxygens (including phenoxy) is 1. The summed E-state index contributed by atoms with van der Waals surface area (Å²) in [7, 11) is 0. The fourth-order valence-electron chi connectivity index (χ4n) is 1.93. The van der Waals surface area contributed by atoms with Crippen LogP contribution in [0.1, 0.15) is 32.6 Å². The van der Waals surface area contributed by atoms with Crippen LogP contribution in [0, 0.1) is 5.92 Å². The molecule has 0 saturated heterocycles. The van der Waals surface area contributed by atoms with Crippen LogP contribution >= 0.6 is 0 Å². The lowest BCUT2D eigenvalue weighted by Gasteiger charge is -2.07. The second kappa shape index (κ2) is 9.51. The Morgan fingerprint density at radius 2 is 2.16 bits per heavy atom. The standard InChI is InChI=1S/C17H22N4O4/c1-12(2)8-10-19-14(22)11-24-16(23)7-6-15-20-17(21-25-15)13-5-3-4-9-18-13/h3-5,9,12H,6-8,10-11H2,1-2H3,(H,19,22). The lowest BCUT2D eigenvalue weighted by Crippen LogP contribution is -2.30. The van der Waals surface area contributed by atoms with E-state index in [9.17, 15) is 9.59 Å². The van der Waals surface area contributed by atoms with Gasteiger partial charge < -0.3 is 14.6 Å². The van der Waals surface area contributed by atoms with Crippen molar-refractivity contribution in [1.82, 2.24) is 20.4 Å². The van der Waals surface area contributed by atoms with Crippen molar-refractivity contribution in [1.29, 1.82) is 0 Å². The van der Waals surface area contributed by atoms with E-state index in [1.54, 1.807) is 18.3 Å². The van der Waals surface area contributed by atoms with Crippen LogP contribution in [0.2, 0.25) is 0 Å². The second-order valence-electron chi connectivity index (χ2n) is 5.92. The number of carbonyl (C=O) groups excluding carboxylic acids is 2. The van der Waals surface area contributed by atoms with Gasteiger partial charge in [-0.1, -0.05) is 25.1 Å². The van der Waals surface area contributed by atoms with Crippen LogP contribution in [0.15, 0.2) is 28.9 Å². The summed E-state index contributed by atoms with van der Waals surface area (Å²) in [6.07, 6.45) is 2.82. The zero-order valence-electron chi connectivity index (χ0n) is 14.4. The Labute approximate surface area is 146 Å². The van der Waals surface area contributed by atoms with Gasteiger partial charge in [-0.05, 0) is 24.5 Å². The zero-order chi connectivity index (χ0) is 18.1. The van der Waals surface area contributed by atoms with Crippen molar-refractivity contribution in [2.24, 2.45) is 5.92 Å². The van der Waals surface area contributed by atoms with Gasteiger partial charge in [0.2, 0.25) is 11.7 Å². The summed E-state index contributed by atoms with van der Waals surface area (Å²) in [5.74, 6) is 0.404. The van der Waals surface area contributed by atoms with E-state index in [2.05, 4.69) is 34.3 Å². The monoisotopic (exact) mass is 346 g/mol. The number of hydrogen-bond donors (Lipinski definition) is 1. The van der Waals surface area contributed by atoms with Gasteiger partial charge in [-0.3, -0.25) is 14.6 Å². The molecule has 0 atom stereocenters. The summed E-state index contributed by atoms with van der Waals surface area (Å²) in [5, 5.41) is 6.52. The molecule has 8 nitrogen and oxygen atoms in total. The number of nitrogens with zero attached hydrogens (tertiary/aromatic N) is 3. The first-order valence-corrected chi connectivity index (χ1v) is 8.21. The Hall–Kier alpha value is -2.77. The van der Waals surface area contributed by atoms with Gasteiger partial charge in [-0.2, -0.15) is 4.98 Å². The molecular weight excluding hydrogens is 324 g/mol. The molecule has 2 aromatic heterocycles. The zero-order valence-corrected chi connectivity index (χ0v) is 14.4. The molecule has 2 heterocycles. The van der Waals surface area contributed by atoms with Gasteiger partial charge in [0.1, 0.15) is 5.69 Å². The van der Waals surface area contributed by atoms with Crippen molar-refractivity contribution in [2.75, 3.05) is 13.2 Å². The van der Waals surface area contributed by atoms with Gasteiger partial charge in [0.25, 0.3) is 5.91 Å². The summed E-state index contributed by atoms with van der Waals surface area (Å²) >= 11 is 0. The van der Waals surface area contributed by atoms with Gasteiger partial charge in [-0.15, -0.1) is 0 Å². The molecule has 2 rings (SSSR count). The van der Waals surface area contributed by atoms with E-state index in [4.69, 9.17) is 9.26 Å². The molecule has 25 heavy (non-hydrogen) atoms. The quantitative estimate of drug-likeness (QED) is 0.689. The first-order chi connectivity index (χ1) is 12.0. The number of rotatable bonds is 9. The molecule has 134 valence electrons. The molecule has 0 radical (unpaired) electrons. The van der Waals surface area contributed by atoms with Crippen LogP contribution in [-0.4, -0.2) is 40.2 Å². The normalized spacial score (nSPS) is 10.7. The molecule has 0 aromatic carbocycles. The smallest absolute Gasteiger partial charge is 0.306 e. The Bertz CT molecular complexity index is 685. The number of hydrogen-bond acceptors (Lipinski definition) is 7. The maximum absolute atomic E-state index is 11.7. The number of aromatic nitrogens is 3. The number of esters is 1. The highest BCUT2D eigenvalue weighted by Crippen LogP contribution is 2.12. The van der Waals surface area contributed by atoms with Gasteiger partial charge in [0.05, 0.1) is 6.42 Å². The average molecular weight is 346 g/mol. The molecule has 0 saturated carbocycles. The Balaban J connectivity index is 1.68. The maximum Gasteiger partial charge on any atom is 0.306 e. The topological polar surface area (TPSA) is 107 Å². The van der Waals surface area contributed by atoms with Crippen molar-refractivity contribution in [3.63, 3.8) is 0 Å². The number of pyridine rings is 1. The summed E-state index contributed by atoms with van der Waals surface area (Å²) < 4.78 is 10.0. The minimum Gasteiger partial charge on any atom is -0.456 e. The molecule has 0 spiro atoms. The molecule has 8 heteroatoms. The predicted molar refractivity (Wildman–Crippen MR) is 89.3 cm³/mol. The number of aryl methyl sites for hydroxylation is 1. The molecule has 0 aliphatic heterocycles. The molecular formula is C17H22N4O4. The largest absolute Gasteiger partial charge is 0.456 e. The van der Waals surface area contributed by atoms with E-state index in [0.717, 1.165) is 6.42 Å². The summed E-state index contributed by atoms with van der Waals surface area (Å²) in [4.78, 5) is 31.5. The van der Waals surface area contributed by atoms with E-state index < -0.39 is 5.97 Å². The van der Waals surface area contributed by atoms with Crippen LogP contribution in [0.4, 0.5) is 0 Å². The van der Waals surface area contributed by atoms with E-state index >= 15 is 0 Å². The van der Waals surface area contributed by atoms with E-state index in [1.165, 1.54) is 0 Å². The Kier molecular flexibility index (Phi) is 7.06. The number of amides is 1.